The van der Waals surface area contributed by atoms with Crippen molar-refractivity contribution in [1.82, 2.24) is 19.7 Å². The Morgan fingerprint density at radius 2 is 1.75 bits per heavy atom. The van der Waals surface area contributed by atoms with Crippen LogP contribution in [0, 0.1) is 6.92 Å². The first-order valence-corrected chi connectivity index (χ1v) is 7.74. The maximum Gasteiger partial charge on any atom is 0.247 e. The highest BCUT2D eigenvalue weighted by Gasteiger charge is 2.22. The molecule has 5 heteroatoms. The number of hydrogen-bond acceptors (Lipinski definition) is 4. The van der Waals surface area contributed by atoms with E-state index in [1.54, 1.807) is 12.5 Å². The molecule has 4 aromatic rings. The van der Waals surface area contributed by atoms with Gasteiger partial charge in [0.15, 0.2) is 0 Å². The highest BCUT2D eigenvalue weighted by atomic mass is 16.4. The number of hydrogen-bond donors (Lipinski definition) is 0. The van der Waals surface area contributed by atoms with Gasteiger partial charge in [-0.25, -0.2) is 4.98 Å². The molecule has 2 heterocycles. The summed E-state index contributed by atoms with van der Waals surface area (Å²) >= 11 is 0. The molecule has 0 radical (unpaired) electrons. The van der Waals surface area contributed by atoms with Crippen LogP contribution in [0.15, 0.2) is 77.7 Å². The fourth-order valence-corrected chi connectivity index (χ4v) is 2.66. The fraction of sp³-hybridized carbons (Fsp3) is 0.105. The van der Waals surface area contributed by atoms with Crippen LogP contribution in [0.2, 0.25) is 0 Å². The van der Waals surface area contributed by atoms with Crippen LogP contribution in [0.1, 0.15) is 23.1 Å². The summed E-state index contributed by atoms with van der Waals surface area (Å²) in [6.07, 6.45) is 5.40. The van der Waals surface area contributed by atoms with Gasteiger partial charge in [0.2, 0.25) is 11.8 Å². The van der Waals surface area contributed by atoms with Gasteiger partial charge in [-0.1, -0.05) is 48.0 Å². The lowest BCUT2D eigenvalue weighted by molar-refractivity contribution is 0.453. The zero-order chi connectivity index (χ0) is 16.4. The Bertz CT molecular complexity index is 912. The molecule has 0 fully saturated rings. The quantitative estimate of drug-likeness (QED) is 0.573. The van der Waals surface area contributed by atoms with Gasteiger partial charge >= 0.3 is 0 Å². The second-order valence-corrected chi connectivity index (χ2v) is 5.63. The maximum atomic E-state index is 5.98. The Morgan fingerprint density at radius 3 is 2.46 bits per heavy atom. The Kier molecular flexibility index (Phi) is 3.67. The molecule has 24 heavy (non-hydrogen) atoms. The Labute approximate surface area is 139 Å². The molecule has 0 aliphatic heterocycles. The number of aromatic nitrogens is 4. The van der Waals surface area contributed by atoms with Crippen LogP contribution in [-0.4, -0.2) is 19.7 Å². The standard InChI is InChI=1S/C19H16N4O/c1-14-7-9-16(10-8-14)18-21-22-19(24-18)17(23-12-11-20-13-23)15-5-3-2-4-6-15/h2-13,17H,1H3. The Hall–Kier alpha value is -3.21. The van der Waals surface area contributed by atoms with E-state index in [1.807, 2.05) is 72.3 Å². The lowest BCUT2D eigenvalue weighted by Crippen LogP contribution is -2.10. The molecular formula is C19H16N4O. The van der Waals surface area contributed by atoms with Crippen molar-refractivity contribution in [3.8, 4) is 11.5 Å². The normalized spacial score (nSPS) is 12.2. The van der Waals surface area contributed by atoms with Crippen LogP contribution in [0.3, 0.4) is 0 Å². The summed E-state index contributed by atoms with van der Waals surface area (Å²) in [6.45, 7) is 2.05. The molecule has 1 unspecified atom stereocenters. The number of aryl methyl sites for hydroxylation is 1. The Balaban J connectivity index is 1.76. The van der Waals surface area contributed by atoms with Gasteiger partial charge < -0.3 is 8.98 Å². The third kappa shape index (κ3) is 2.72. The molecule has 5 nitrogen and oxygen atoms in total. The SMILES string of the molecule is Cc1ccc(-c2nnc(C(c3ccccc3)n3ccnc3)o2)cc1. The van der Waals surface area contributed by atoms with Crippen LogP contribution < -0.4 is 0 Å². The van der Waals surface area contributed by atoms with Crippen LogP contribution in [0.25, 0.3) is 11.5 Å². The zero-order valence-electron chi connectivity index (χ0n) is 13.2. The zero-order valence-corrected chi connectivity index (χ0v) is 13.2. The number of rotatable bonds is 4. The van der Waals surface area contributed by atoms with Gasteiger partial charge in [-0.05, 0) is 24.6 Å². The summed E-state index contributed by atoms with van der Waals surface area (Å²) in [5.74, 6) is 1.06. The van der Waals surface area contributed by atoms with Crippen molar-refractivity contribution in [2.75, 3.05) is 0 Å². The van der Waals surface area contributed by atoms with Crippen molar-refractivity contribution < 1.29 is 4.42 Å². The third-order valence-corrected chi connectivity index (χ3v) is 3.91. The second-order valence-electron chi connectivity index (χ2n) is 5.63. The smallest absolute Gasteiger partial charge is 0.247 e. The van der Waals surface area contributed by atoms with Gasteiger partial charge in [-0.2, -0.15) is 0 Å². The van der Waals surface area contributed by atoms with Crippen molar-refractivity contribution in [2.24, 2.45) is 0 Å². The van der Waals surface area contributed by atoms with Gasteiger partial charge in [0.05, 0.1) is 6.33 Å². The van der Waals surface area contributed by atoms with Crippen molar-refractivity contribution in [2.45, 2.75) is 13.0 Å². The molecule has 0 N–H and O–H groups in total. The van der Waals surface area contributed by atoms with Crippen LogP contribution >= 0.6 is 0 Å². The summed E-state index contributed by atoms with van der Waals surface area (Å²) in [5.41, 5.74) is 3.17. The highest BCUT2D eigenvalue weighted by molar-refractivity contribution is 5.53. The van der Waals surface area contributed by atoms with Gasteiger partial charge in [0, 0.05) is 18.0 Å². The largest absolute Gasteiger partial charge is 0.418 e. The Morgan fingerprint density at radius 1 is 0.958 bits per heavy atom. The third-order valence-electron chi connectivity index (χ3n) is 3.91. The molecule has 0 amide bonds. The van der Waals surface area contributed by atoms with E-state index in [9.17, 15) is 0 Å². The van der Waals surface area contributed by atoms with Crippen LogP contribution in [0.4, 0.5) is 0 Å². The van der Waals surface area contributed by atoms with Crippen molar-refractivity contribution in [3.63, 3.8) is 0 Å². The molecule has 2 aromatic heterocycles. The van der Waals surface area contributed by atoms with Gasteiger partial charge in [0.25, 0.3) is 0 Å². The van der Waals surface area contributed by atoms with Crippen molar-refractivity contribution >= 4 is 0 Å². The summed E-state index contributed by atoms with van der Waals surface area (Å²) in [4.78, 5) is 4.14. The van der Waals surface area contributed by atoms with E-state index in [2.05, 4.69) is 15.2 Å². The molecule has 0 saturated heterocycles. The highest BCUT2D eigenvalue weighted by Crippen LogP contribution is 2.28. The first-order chi connectivity index (χ1) is 11.8. The van der Waals surface area contributed by atoms with E-state index >= 15 is 0 Å². The molecular weight excluding hydrogens is 300 g/mol. The summed E-state index contributed by atoms with van der Waals surface area (Å²) in [7, 11) is 0. The van der Waals surface area contributed by atoms with Gasteiger partial charge in [-0.3, -0.25) is 0 Å². The average molecular weight is 316 g/mol. The summed E-state index contributed by atoms with van der Waals surface area (Å²) < 4.78 is 7.94. The van der Waals surface area contributed by atoms with E-state index in [1.165, 1.54) is 5.56 Å². The monoisotopic (exact) mass is 316 g/mol. The van der Waals surface area contributed by atoms with E-state index in [4.69, 9.17) is 4.42 Å². The first kappa shape index (κ1) is 14.4. The predicted molar refractivity (Wildman–Crippen MR) is 90.4 cm³/mol. The minimum absolute atomic E-state index is 0.194. The number of imidazole rings is 1. The van der Waals surface area contributed by atoms with Crippen LogP contribution in [-0.2, 0) is 0 Å². The lowest BCUT2D eigenvalue weighted by Gasteiger charge is -2.14. The number of benzene rings is 2. The van der Waals surface area contributed by atoms with Crippen LogP contribution in [0.5, 0.6) is 0 Å². The molecule has 4 rings (SSSR count). The molecule has 0 aliphatic rings. The second kappa shape index (κ2) is 6.12. The molecule has 2 aromatic carbocycles. The van der Waals surface area contributed by atoms with E-state index in [-0.39, 0.29) is 6.04 Å². The van der Waals surface area contributed by atoms with Gasteiger partial charge in [0.1, 0.15) is 6.04 Å². The molecule has 0 saturated carbocycles. The molecule has 0 aliphatic carbocycles. The lowest BCUT2D eigenvalue weighted by atomic mass is 10.1. The minimum atomic E-state index is -0.194. The average Bonchev–Trinajstić information content (AvgIpc) is 3.30. The fourth-order valence-electron chi connectivity index (χ4n) is 2.66. The molecule has 118 valence electrons. The molecule has 1 atom stereocenters. The van der Waals surface area contributed by atoms with Gasteiger partial charge in [-0.15, -0.1) is 10.2 Å². The molecule has 0 bridgehead atoms. The maximum absolute atomic E-state index is 5.98. The minimum Gasteiger partial charge on any atom is -0.418 e. The van der Waals surface area contributed by atoms with Crippen molar-refractivity contribution in [1.29, 1.82) is 0 Å². The molecule has 0 spiro atoms. The van der Waals surface area contributed by atoms with E-state index in [0.717, 1.165) is 11.1 Å². The topological polar surface area (TPSA) is 56.7 Å². The van der Waals surface area contributed by atoms with E-state index < -0.39 is 0 Å². The summed E-state index contributed by atoms with van der Waals surface area (Å²) in [5, 5.41) is 8.50. The van der Waals surface area contributed by atoms with Crippen molar-refractivity contribution in [3.05, 3.63) is 90.3 Å². The summed E-state index contributed by atoms with van der Waals surface area (Å²) in [6, 6.07) is 17.9. The predicted octanol–water partition coefficient (Wildman–Crippen LogP) is 3.88. The number of nitrogens with zero attached hydrogens (tertiary/aromatic N) is 4. The van der Waals surface area contributed by atoms with E-state index in [0.29, 0.717) is 11.8 Å². The first-order valence-electron chi connectivity index (χ1n) is 7.74.